The van der Waals surface area contributed by atoms with E-state index in [0.717, 1.165) is 5.92 Å². The van der Waals surface area contributed by atoms with E-state index in [1.54, 1.807) is 0 Å². The Morgan fingerprint density at radius 3 is 2.55 bits per heavy atom. The predicted molar refractivity (Wildman–Crippen MR) is 49.1 cm³/mol. The van der Waals surface area contributed by atoms with Crippen LogP contribution in [-0.4, -0.2) is 5.54 Å². The molecule has 1 rings (SSSR count). The third-order valence-electron chi connectivity index (χ3n) is 2.51. The number of nitrogens with one attached hydrogen (secondary N) is 1. The van der Waals surface area contributed by atoms with Crippen LogP contribution in [0.3, 0.4) is 0 Å². The zero-order chi connectivity index (χ0) is 8.32. The van der Waals surface area contributed by atoms with Gasteiger partial charge in [-0.15, -0.1) is 0 Å². The van der Waals surface area contributed by atoms with E-state index in [9.17, 15) is 0 Å². The molecular weight excluding hydrogens is 134 g/mol. The molecule has 1 heteroatoms. The van der Waals surface area contributed by atoms with Gasteiger partial charge in [-0.3, -0.25) is 0 Å². The van der Waals surface area contributed by atoms with Crippen LogP contribution in [-0.2, 0) is 0 Å². The van der Waals surface area contributed by atoms with E-state index in [0.29, 0.717) is 5.54 Å². The minimum absolute atomic E-state index is 0.356. The van der Waals surface area contributed by atoms with Gasteiger partial charge in [0.05, 0.1) is 0 Å². The summed E-state index contributed by atoms with van der Waals surface area (Å²) in [7, 11) is 0. The highest BCUT2D eigenvalue weighted by Crippen LogP contribution is 2.39. The van der Waals surface area contributed by atoms with Crippen LogP contribution in [0.2, 0.25) is 0 Å². The molecule has 0 spiro atoms. The van der Waals surface area contributed by atoms with Gasteiger partial charge in [-0.1, -0.05) is 13.3 Å². The first-order chi connectivity index (χ1) is 5.17. The van der Waals surface area contributed by atoms with E-state index in [2.05, 4.69) is 32.6 Å². The molecule has 11 heavy (non-hydrogen) atoms. The van der Waals surface area contributed by atoms with Crippen LogP contribution in [0, 0.1) is 12.5 Å². The summed E-state index contributed by atoms with van der Waals surface area (Å²) in [5.41, 5.74) is 0.356. The van der Waals surface area contributed by atoms with Gasteiger partial charge < -0.3 is 5.32 Å². The van der Waals surface area contributed by atoms with Gasteiger partial charge in [0, 0.05) is 12.1 Å². The molecule has 1 aliphatic carbocycles. The van der Waals surface area contributed by atoms with Crippen molar-refractivity contribution in [3.05, 3.63) is 6.54 Å². The van der Waals surface area contributed by atoms with Crippen molar-refractivity contribution in [2.75, 3.05) is 0 Å². The molecule has 0 unspecified atom stereocenters. The molecule has 0 heterocycles. The first-order valence-electron chi connectivity index (χ1n) is 4.76. The molecule has 0 aromatic carbocycles. The molecule has 1 nitrogen and oxygen atoms in total. The highest BCUT2D eigenvalue weighted by molar-refractivity contribution is 4.95. The third-order valence-corrected chi connectivity index (χ3v) is 2.51. The Kier molecular flexibility index (Phi) is 2.94. The summed E-state index contributed by atoms with van der Waals surface area (Å²) in [6.07, 6.45) is 5.27. The maximum atomic E-state index is 3.50. The summed E-state index contributed by atoms with van der Waals surface area (Å²) < 4.78 is 0. The van der Waals surface area contributed by atoms with E-state index in [4.69, 9.17) is 0 Å². The molecule has 0 aromatic rings. The van der Waals surface area contributed by atoms with Gasteiger partial charge in [-0.2, -0.15) is 0 Å². The van der Waals surface area contributed by atoms with Gasteiger partial charge in [0.15, 0.2) is 0 Å². The summed E-state index contributed by atoms with van der Waals surface area (Å²) in [6.45, 7) is 9.04. The second kappa shape index (κ2) is 3.57. The smallest absolute Gasteiger partial charge is 0.0226 e. The maximum Gasteiger partial charge on any atom is 0.0226 e. The van der Waals surface area contributed by atoms with Crippen LogP contribution in [0.5, 0.6) is 0 Å². The van der Waals surface area contributed by atoms with Crippen molar-refractivity contribution < 1.29 is 0 Å². The zero-order valence-corrected chi connectivity index (χ0v) is 7.98. The average molecular weight is 154 g/mol. The third kappa shape index (κ3) is 2.82. The molecule has 0 aromatic heterocycles. The summed E-state index contributed by atoms with van der Waals surface area (Å²) in [4.78, 5) is 0. The summed E-state index contributed by atoms with van der Waals surface area (Å²) in [6, 6.07) is 0. The quantitative estimate of drug-likeness (QED) is 0.600. The maximum absolute atomic E-state index is 3.50. The lowest BCUT2D eigenvalue weighted by atomic mass is 9.99. The molecule has 1 N–H and O–H groups in total. The summed E-state index contributed by atoms with van der Waals surface area (Å²) >= 11 is 0. The Morgan fingerprint density at radius 2 is 2.09 bits per heavy atom. The topological polar surface area (TPSA) is 12.0 Å². The highest BCUT2D eigenvalue weighted by atomic mass is 15.0. The second-order valence-electron chi connectivity index (χ2n) is 4.13. The fourth-order valence-electron chi connectivity index (χ4n) is 1.40. The Bertz CT molecular complexity index is 114. The molecular formula is C10H20N. The molecule has 1 saturated carbocycles. The van der Waals surface area contributed by atoms with Crippen LogP contribution < -0.4 is 5.32 Å². The molecule has 65 valence electrons. The van der Waals surface area contributed by atoms with Gasteiger partial charge in [-0.05, 0) is 39.0 Å². The van der Waals surface area contributed by atoms with Crippen LogP contribution in [0.25, 0.3) is 0 Å². The minimum Gasteiger partial charge on any atom is -0.307 e. The van der Waals surface area contributed by atoms with Gasteiger partial charge in [0.1, 0.15) is 0 Å². The zero-order valence-electron chi connectivity index (χ0n) is 7.98. The molecule has 0 amide bonds. The second-order valence-corrected chi connectivity index (χ2v) is 4.13. The molecule has 0 bridgehead atoms. The lowest BCUT2D eigenvalue weighted by Crippen LogP contribution is -2.39. The van der Waals surface area contributed by atoms with Crippen molar-refractivity contribution in [2.45, 2.75) is 52.0 Å². The van der Waals surface area contributed by atoms with Gasteiger partial charge >= 0.3 is 0 Å². The summed E-state index contributed by atoms with van der Waals surface area (Å²) in [5, 5.41) is 3.50. The Labute approximate surface area is 70.6 Å². The van der Waals surface area contributed by atoms with Crippen molar-refractivity contribution >= 4 is 0 Å². The first kappa shape index (κ1) is 9.05. The van der Waals surface area contributed by atoms with Crippen LogP contribution in [0.1, 0.15) is 46.5 Å². The lowest BCUT2D eigenvalue weighted by Gasteiger charge is -2.25. The van der Waals surface area contributed by atoms with E-state index in [-0.39, 0.29) is 0 Å². The fourth-order valence-corrected chi connectivity index (χ4v) is 1.40. The Hall–Kier alpha value is -0.0400. The van der Waals surface area contributed by atoms with Crippen molar-refractivity contribution in [3.63, 3.8) is 0 Å². The van der Waals surface area contributed by atoms with E-state index in [1.165, 1.54) is 25.7 Å². The highest BCUT2D eigenvalue weighted by Gasteiger charge is 2.36. The van der Waals surface area contributed by atoms with Crippen molar-refractivity contribution in [2.24, 2.45) is 5.92 Å². The largest absolute Gasteiger partial charge is 0.307 e. The number of unbranched alkanes of at least 4 members (excludes halogenated alkanes) is 1. The standard InChI is InChI=1S/C10H20N/c1-4-5-8-11-10(2,3)9-6-7-9/h8-9,11H,4-7H2,1-3H3. The van der Waals surface area contributed by atoms with E-state index in [1.807, 2.05) is 0 Å². The Balaban J connectivity index is 2.12. The molecule has 1 fully saturated rings. The lowest BCUT2D eigenvalue weighted by molar-refractivity contribution is 0.365. The fraction of sp³-hybridized carbons (Fsp3) is 0.900. The van der Waals surface area contributed by atoms with E-state index >= 15 is 0 Å². The van der Waals surface area contributed by atoms with Crippen LogP contribution >= 0.6 is 0 Å². The number of rotatable bonds is 5. The van der Waals surface area contributed by atoms with E-state index < -0.39 is 0 Å². The molecule has 1 radical (unpaired) electrons. The normalized spacial score (nSPS) is 18.8. The first-order valence-corrected chi connectivity index (χ1v) is 4.76. The predicted octanol–water partition coefficient (Wildman–Crippen LogP) is 2.73. The van der Waals surface area contributed by atoms with Crippen molar-refractivity contribution in [1.82, 2.24) is 5.32 Å². The van der Waals surface area contributed by atoms with Crippen LogP contribution in [0.4, 0.5) is 0 Å². The monoisotopic (exact) mass is 154 g/mol. The molecule has 0 aliphatic heterocycles. The van der Waals surface area contributed by atoms with Gasteiger partial charge in [0.25, 0.3) is 0 Å². The molecule has 0 atom stereocenters. The van der Waals surface area contributed by atoms with Gasteiger partial charge in [0.2, 0.25) is 0 Å². The number of hydrogen-bond acceptors (Lipinski definition) is 1. The summed E-state index contributed by atoms with van der Waals surface area (Å²) in [5.74, 6) is 0.926. The Morgan fingerprint density at radius 1 is 1.45 bits per heavy atom. The molecule has 0 saturated heterocycles. The molecule has 1 aliphatic rings. The van der Waals surface area contributed by atoms with Crippen LogP contribution in [0.15, 0.2) is 0 Å². The van der Waals surface area contributed by atoms with Crippen molar-refractivity contribution in [3.8, 4) is 0 Å². The SMILES string of the molecule is CCC[CH]NC(C)(C)C1CC1. The minimum atomic E-state index is 0.356. The van der Waals surface area contributed by atoms with Crippen molar-refractivity contribution in [1.29, 1.82) is 0 Å². The average Bonchev–Trinajstić information content (AvgIpc) is 2.68. The van der Waals surface area contributed by atoms with Gasteiger partial charge in [-0.25, -0.2) is 0 Å². The number of hydrogen-bond donors (Lipinski definition) is 1.